The number of hydrogen-bond acceptors (Lipinski definition) is 4. The van der Waals surface area contributed by atoms with Crippen LogP contribution in [0.4, 0.5) is 0 Å². The normalized spacial score (nSPS) is 15.7. The first-order chi connectivity index (χ1) is 12.7. The molecule has 0 radical (unpaired) electrons. The molecule has 6 nitrogen and oxygen atoms in total. The van der Waals surface area contributed by atoms with Gasteiger partial charge in [0.1, 0.15) is 0 Å². The molecule has 1 aromatic heterocycles. The van der Waals surface area contributed by atoms with Gasteiger partial charge in [0.15, 0.2) is 11.5 Å². The van der Waals surface area contributed by atoms with Crippen LogP contribution in [-0.4, -0.2) is 21.1 Å². The summed E-state index contributed by atoms with van der Waals surface area (Å²) in [6.45, 7) is 1.92. The summed E-state index contributed by atoms with van der Waals surface area (Å²) >= 11 is 0. The lowest BCUT2D eigenvalue weighted by Gasteiger charge is -2.16. The largest absolute Gasteiger partial charge is 0.347 e. The van der Waals surface area contributed by atoms with E-state index in [0.717, 1.165) is 12.0 Å². The monoisotopic (exact) mass is 354 g/mol. The Labute approximate surface area is 153 Å². The fraction of sp³-hybridized carbons (Fsp3) is 0.500. The molecule has 2 aromatic rings. The maximum Gasteiger partial charge on any atom is 0.275 e. The zero-order valence-corrected chi connectivity index (χ0v) is 15.2. The number of aromatic amines is 1. The molecular formula is C20H26N4O2. The summed E-state index contributed by atoms with van der Waals surface area (Å²) in [7, 11) is 0. The Morgan fingerprint density at radius 2 is 1.96 bits per heavy atom. The molecule has 0 aliphatic heterocycles. The van der Waals surface area contributed by atoms with Gasteiger partial charge < -0.3 is 10.3 Å². The number of amides is 1. The van der Waals surface area contributed by atoms with Crippen molar-refractivity contribution in [2.45, 2.75) is 57.9 Å². The number of hydrogen-bond donors (Lipinski definition) is 2. The van der Waals surface area contributed by atoms with Crippen LogP contribution in [-0.2, 0) is 4.79 Å². The summed E-state index contributed by atoms with van der Waals surface area (Å²) < 4.78 is 0. The molecule has 1 heterocycles. The Balaban J connectivity index is 1.65. The third-order valence-electron chi connectivity index (χ3n) is 5.10. The van der Waals surface area contributed by atoms with Crippen molar-refractivity contribution in [3.8, 4) is 11.4 Å². The van der Waals surface area contributed by atoms with Crippen LogP contribution in [0.15, 0.2) is 35.1 Å². The van der Waals surface area contributed by atoms with Gasteiger partial charge in [0.2, 0.25) is 5.91 Å². The molecule has 2 N–H and O–H groups in total. The molecule has 1 aromatic carbocycles. The van der Waals surface area contributed by atoms with Crippen LogP contribution in [0.1, 0.15) is 63.6 Å². The first-order valence-corrected chi connectivity index (χ1v) is 9.49. The van der Waals surface area contributed by atoms with Crippen molar-refractivity contribution in [1.82, 2.24) is 20.5 Å². The van der Waals surface area contributed by atoms with Crippen molar-refractivity contribution < 1.29 is 4.79 Å². The molecule has 3 rings (SSSR count). The van der Waals surface area contributed by atoms with Crippen LogP contribution in [0.5, 0.6) is 0 Å². The van der Waals surface area contributed by atoms with Crippen LogP contribution in [0.25, 0.3) is 11.4 Å². The topological polar surface area (TPSA) is 87.7 Å². The van der Waals surface area contributed by atoms with Crippen molar-refractivity contribution in [3.63, 3.8) is 0 Å². The van der Waals surface area contributed by atoms with Crippen LogP contribution < -0.4 is 10.9 Å². The van der Waals surface area contributed by atoms with Crippen LogP contribution in [0, 0.1) is 5.92 Å². The Morgan fingerprint density at radius 3 is 2.62 bits per heavy atom. The maximum absolute atomic E-state index is 12.5. The van der Waals surface area contributed by atoms with Gasteiger partial charge in [-0.3, -0.25) is 9.59 Å². The van der Waals surface area contributed by atoms with E-state index in [2.05, 4.69) is 20.5 Å². The fourth-order valence-electron chi connectivity index (χ4n) is 3.56. The molecule has 1 aliphatic carbocycles. The molecule has 1 atom stereocenters. The standard InChI is InChI=1S/C20H26N4O2/c1-2-16(21-17(25)13-12-14-8-6-7-9-14)18-20(26)22-19(24-23-18)15-10-4-3-5-11-15/h3-5,10-11,14,16H,2,6-9,12-13H2,1H3,(H,21,25)(H,22,24,26). The first-order valence-electron chi connectivity index (χ1n) is 9.49. The highest BCUT2D eigenvalue weighted by Gasteiger charge is 2.21. The minimum Gasteiger partial charge on any atom is -0.347 e. The van der Waals surface area contributed by atoms with Gasteiger partial charge in [-0.05, 0) is 18.8 Å². The van der Waals surface area contributed by atoms with E-state index >= 15 is 0 Å². The highest BCUT2D eigenvalue weighted by molar-refractivity contribution is 5.76. The van der Waals surface area contributed by atoms with E-state index < -0.39 is 6.04 Å². The Hall–Kier alpha value is -2.50. The smallest absolute Gasteiger partial charge is 0.275 e. The van der Waals surface area contributed by atoms with E-state index in [4.69, 9.17) is 0 Å². The van der Waals surface area contributed by atoms with E-state index in [1.165, 1.54) is 25.7 Å². The van der Waals surface area contributed by atoms with E-state index in [1.807, 2.05) is 37.3 Å². The lowest BCUT2D eigenvalue weighted by molar-refractivity contribution is -0.122. The molecule has 0 bridgehead atoms. The first kappa shape index (κ1) is 18.3. The molecule has 1 unspecified atom stereocenters. The second-order valence-corrected chi connectivity index (χ2v) is 6.97. The average Bonchev–Trinajstić information content (AvgIpc) is 3.19. The number of carbonyl (C=O) groups excluding carboxylic acids is 1. The minimum atomic E-state index is -0.410. The van der Waals surface area contributed by atoms with Gasteiger partial charge >= 0.3 is 0 Å². The Bertz CT molecular complexity index is 782. The third-order valence-corrected chi connectivity index (χ3v) is 5.10. The molecule has 0 saturated heterocycles. The lowest BCUT2D eigenvalue weighted by Crippen LogP contribution is -2.33. The van der Waals surface area contributed by atoms with Crippen LogP contribution in [0.2, 0.25) is 0 Å². The molecule has 1 saturated carbocycles. The quantitative estimate of drug-likeness (QED) is 0.798. The number of carbonyl (C=O) groups is 1. The molecule has 138 valence electrons. The predicted octanol–water partition coefficient (Wildman–Crippen LogP) is 3.37. The van der Waals surface area contributed by atoms with Gasteiger partial charge in [-0.2, -0.15) is 0 Å². The van der Waals surface area contributed by atoms with Gasteiger partial charge in [0, 0.05) is 12.0 Å². The predicted molar refractivity (Wildman–Crippen MR) is 100 cm³/mol. The van der Waals surface area contributed by atoms with E-state index in [1.54, 1.807) is 0 Å². The Morgan fingerprint density at radius 1 is 1.23 bits per heavy atom. The van der Waals surface area contributed by atoms with Crippen molar-refractivity contribution >= 4 is 5.91 Å². The number of nitrogens with one attached hydrogen (secondary N) is 2. The van der Waals surface area contributed by atoms with Gasteiger partial charge in [-0.25, -0.2) is 0 Å². The molecule has 0 spiro atoms. The number of rotatable bonds is 7. The van der Waals surface area contributed by atoms with E-state index in [9.17, 15) is 9.59 Å². The van der Waals surface area contributed by atoms with E-state index in [0.29, 0.717) is 24.6 Å². The average molecular weight is 354 g/mol. The highest BCUT2D eigenvalue weighted by Crippen LogP contribution is 2.28. The van der Waals surface area contributed by atoms with Gasteiger partial charge in [-0.1, -0.05) is 62.9 Å². The van der Waals surface area contributed by atoms with Crippen molar-refractivity contribution in [2.75, 3.05) is 0 Å². The number of nitrogens with zero attached hydrogens (tertiary/aromatic N) is 2. The van der Waals surface area contributed by atoms with Gasteiger partial charge in [0.05, 0.1) is 6.04 Å². The zero-order valence-electron chi connectivity index (χ0n) is 15.2. The second-order valence-electron chi connectivity index (χ2n) is 6.97. The van der Waals surface area contributed by atoms with E-state index in [-0.39, 0.29) is 17.2 Å². The molecular weight excluding hydrogens is 328 g/mol. The lowest BCUT2D eigenvalue weighted by atomic mass is 10.0. The third kappa shape index (κ3) is 4.56. The summed E-state index contributed by atoms with van der Waals surface area (Å²) in [6, 6.07) is 8.97. The molecule has 1 amide bonds. The molecule has 1 fully saturated rings. The molecule has 26 heavy (non-hydrogen) atoms. The zero-order chi connectivity index (χ0) is 18.4. The summed E-state index contributed by atoms with van der Waals surface area (Å²) in [6.07, 6.45) is 7.06. The molecule has 1 aliphatic rings. The van der Waals surface area contributed by atoms with Crippen LogP contribution >= 0.6 is 0 Å². The number of benzene rings is 1. The fourth-order valence-corrected chi connectivity index (χ4v) is 3.56. The number of aromatic nitrogens is 3. The molecule has 6 heteroatoms. The van der Waals surface area contributed by atoms with Crippen molar-refractivity contribution in [3.05, 3.63) is 46.4 Å². The van der Waals surface area contributed by atoms with Crippen molar-refractivity contribution in [2.24, 2.45) is 5.92 Å². The number of H-pyrrole nitrogens is 1. The maximum atomic E-state index is 12.5. The SMILES string of the molecule is CCC(NC(=O)CCC1CCCC1)c1nnc(-c2ccccc2)[nH]c1=O. The van der Waals surface area contributed by atoms with Gasteiger partial charge in [0.25, 0.3) is 5.56 Å². The van der Waals surface area contributed by atoms with Crippen LogP contribution in [0.3, 0.4) is 0 Å². The summed E-state index contributed by atoms with van der Waals surface area (Å²) in [4.78, 5) is 27.5. The van der Waals surface area contributed by atoms with Gasteiger partial charge in [-0.15, -0.1) is 10.2 Å². The second kappa shape index (κ2) is 8.74. The Kier molecular flexibility index (Phi) is 6.15. The minimum absolute atomic E-state index is 0.0166. The highest BCUT2D eigenvalue weighted by atomic mass is 16.2. The summed E-state index contributed by atoms with van der Waals surface area (Å²) in [5, 5.41) is 11.2. The van der Waals surface area contributed by atoms with Crippen molar-refractivity contribution in [1.29, 1.82) is 0 Å². The summed E-state index contributed by atoms with van der Waals surface area (Å²) in [5.41, 5.74) is 0.764. The summed E-state index contributed by atoms with van der Waals surface area (Å²) in [5.74, 6) is 1.09.